The highest BCUT2D eigenvalue weighted by atomic mass is 16.3. The van der Waals surface area contributed by atoms with Gasteiger partial charge in [0.1, 0.15) is 11.5 Å². The first-order valence-electron chi connectivity index (χ1n) is 4.48. The van der Waals surface area contributed by atoms with Crippen molar-refractivity contribution in [2.24, 2.45) is 0 Å². The van der Waals surface area contributed by atoms with Crippen molar-refractivity contribution in [2.75, 3.05) is 0 Å². The van der Waals surface area contributed by atoms with Crippen LogP contribution in [0, 0.1) is 0 Å². The van der Waals surface area contributed by atoms with Crippen LogP contribution < -0.4 is 0 Å². The molecule has 1 aliphatic rings. The Labute approximate surface area is 81.1 Å². The first-order valence-corrected chi connectivity index (χ1v) is 4.48. The smallest absolute Gasteiger partial charge is 0.119 e. The average Bonchev–Trinajstić information content (AvgIpc) is 2.15. The minimum absolute atomic E-state index is 0.0590. The average molecular weight is 196 g/mol. The molecular weight excluding hydrogens is 184 g/mol. The molecule has 0 radical (unpaired) electrons. The van der Waals surface area contributed by atoms with E-state index < -0.39 is 12.2 Å². The van der Waals surface area contributed by atoms with E-state index in [4.69, 9.17) is 0 Å². The quantitative estimate of drug-likeness (QED) is 0.437. The van der Waals surface area contributed by atoms with Gasteiger partial charge in [0, 0.05) is 24.0 Å². The summed E-state index contributed by atoms with van der Waals surface area (Å²) in [7, 11) is 0. The van der Waals surface area contributed by atoms with Gasteiger partial charge in [0.2, 0.25) is 0 Å². The van der Waals surface area contributed by atoms with E-state index in [0.29, 0.717) is 11.1 Å². The number of aromatic hydroxyl groups is 2. The second-order valence-electron chi connectivity index (χ2n) is 3.60. The number of phenolic OH excluding ortho intramolecular Hbond substituents is 2. The van der Waals surface area contributed by atoms with E-state index in [0.717, 1.165) is 0 Å². The van der Waals surface area contributed by atoms with Gasteiger partial charge in [-0.1, -0.05) is 0 Å². The van der Waals surface area contributed by atoms with Crippen LogP contribution in [0.25, 0.3) is 0 Å². The number of hydrogen-bond donors (Lipinski definition) is 4. The molecule has 2 unspecified atom stereocenters. The molecule has 1 aromatic carbocycles. The maximum Gasteiger partial charge on any atom is 0.119 e. The zero-order valence-electron chi connectivity index (χ0n) is 7.51. The van der Waals surface area contributed by atoms with Crippen LogP contribution in [0.2, 0.25) is 0 Å². The molecule has 1 aliphatic carbocycles. The highest BCUT2D eigenvalue weighted by molar-refractivity contribution is 5.49. The number of benzene rings is 1. The monoisotopic (exact) mass is 196 g/mol. The molecule has 0 heterocycles. The molecule has 0 aromatic heterocycles. The topological polar surface area (TPSA) is 80.9 Å². The summed E-state index contributed by atoms with van der Waals surface area (Å²) in [6.45, 7) is 0. The summed E-state index contributed by atoms with van der Waals surface area (Å²) in [5, 5.41) is 37.8. The Bertz CT molecular complexity index is 326. The zero-order chi connectivity index (χ0) is 10.3. The Morgan fingerprint density at radius 3 is 1.57 bits per heavy atom. The molecule has 1 aromatic rings. The summed E-state index contributed by atoms with van der Waals surface area (Å²) in [5.74, 6) is 0.118. The normalized spacial score (nSPS) is 25.9. The van der Waals surface area contributed by atoms with Crippen molar-refractivity contribution in [2.45, 2.75) is 25.0 Å². The fourth-order valence-electron chi connectivity index (χ4n) is 1.81. The van der Waals surface area contributed by atoms with Gasteiger partial charge in [-0.05, 0) is 12.1 Å². The third kappa shape index (κ3) is 1.32. The maximum absolute atomic E-state index is 9.48. The standard InChI is InChI=1S/C10H12O4/c11-7-1-2-8(12)6-4-10(14)9(13)3-5(6)7/h1-2,9-14H,3-4H2. The van der Waals surface area contributed by atoms with Crippen molar-refractivity contribution in [3.63, 3.8) is 0 Å². The second kappa shape index (κ2) is 3.15. The lowest BCUT2D eigenvalue weighted by Crippen LogP contribution is -2.34. The summed E-state index contributed by atoms with van der Waals surface area (Å²) in [5.41, 5.74) is 1.06. The van der Waals surface area contributed by atoms with Gasteiger partial charge in [-0.3, -0.25) is 0 Å². The van der Waals surface area contributed by atoms with E-state index in [1.165, 1.54) is 12.1 Å². The van der Waals surface area contributed by atoms with E-state index in [1.807, 2.05) is 0 Å². The Morgan fingerprint density at radius 2 is 1.21 bits per heavy atom. The van der Waals surface area contributed by atoms with Crippen LogP contribution in [0.3, 0.4) is 0 Å². The van der Waals surface area contributed by atoms with Crippen molar-refractivity contribution in [3.8, 4) is 11.5 Å². The van der Waals surface area contributed by atoms with Crippen molar-refractivity contribution in [1.82, 2.24) is 0 Å². The van der Waals surface area contributed by atoms with Gasteiger partial charge >= 0.3 is 0 Å². The number of aliphatic hydroxyl groups is 2. The molecule has 2 atom stereocenters. The Hall–Kier alpha value is -1.26. The van der Waals surface area contributed by atoms with Gasteiger partial charge in [0.05, 0.1) is 12.2 Å². The summed E-state index contributed by atoms with van der Waals surface area (Å²) >= 11 is 0. The van der Waals surface area contributed by atoms with Gasteiger partial charge in [-0.25, -0.2) is 0 Å². The fourth-order valence-corrected chi connectivity index (χ4v) is 1.81. The van der Waals surface area contributed by atoms with Crippen LogP contribution in [0.4, 0.5) is 0 Å². The maximum atomic E-state index is 9.48. The largest absolute Gasteiger partial charge is 0.508 e. The van der Waals surface area contributed by atoms with E-state index in [9.17, 15) is 20.4 Å². The van der Waals surface area contributed by atoms with Gasteiger partial charge in [-0.15, -0.1) is 0 Å². The SMILES string of the molecule is Oc1ccc(O)c2c1CC(O)C(O)C2. The van der Waals surface area contributed by atoms with E-state index >= 15 is 0 Å². The number of fused-ring (bicyclic) bond motifs is 1. The predicted octanol–water partition coefficient (Wildman–Crippen LogP) is -0.0818. The van der Waals surface area contributed by atoms with Gasteiger partial charge in [-0.2, -0.15) is 0 Å². The molecule has 2 rings (SSSR count). The Balaban J connectivity index is 2.50. The molecule has 0 fully saturated rings. The molecule has 4 N–H and O–H groups in total. The summed E-state index contributed by atoms with van der Waals surface area (Å²) in [6.07, 6.45) is -1.38. The first-order chi connectivity index (χ1) is 6.59. The molecule has 0 saturated heterocycles. The molecule has 0 amide bonds. The summed E-state index contributed by atoms with van der Waals surface area (Å²) in [6, 6.07) is 2.77. The minimum Gasteiger partial charge on any atom is -0.508 e. The van der Waals surface area contributed by atoms with Crippen LogP contribution in [0.5, 0.6) is 11.5 Å². The Morgan fingerprint density at radius 1 is 0.857 bits per heavy atom. The van der Waals surface area contributed by atoms with Crippen LogP contribution >= 0.6 is 0 Å². The second-order valence-corrected chi connectivity index (χ2v) is 3.60. The van der Waals surface area contributed by atoms with Crippen molar-refractivity contribution < 1.29 is 20.4 Å². The highest BCUT2D eigenvalue weighted by Gasteiger charge is 2.28. The number of phenols is 2. The number of rotatable bonds is 0. The molecule has 4 nitrogen and oxygen atoms in total. The third-order valence-electron chi connectivity index (χ3n) is 2.65. The molecule has 0 aliphatic heterocycles. The molecular formula is C10H12O4. The van der Waals surface area contributed by atoms with Crippen LogP contribution in [0.1, 0.15) is 11.1 Å². The van der Waals surface area contributed by atoms with Crippen molar-refractivity contribution >= 4 is 0 Å². The van der Waals surface area contributed by atoms with Gasteiger partial charge in [0.25, 0.3) is 0 Å². The first kappa shape index (κ1) is 9.30. The third-order valence-corrected chi connectivity index (χ3v) is 2.65. The van der Waals surface area contributed by atoms with Gasteiger partial charge in [0.15, 0.2) is 0 Å². The van der Waals surface area contributed by atoms with E-state index in [-0.39, 0.29) is 24.3 Å². The Kier molecular flexibility index (Phi) is 2.09. The van der Waals surface area contributed by atoms with Crippen molar-refractivity contribution in [1.29, 1.82) is 0 Å². The van der Waals surface area contributed by atoms with E-state index in [2.05, 4.69) is 0 Å². The van der Waals surface area contributed by atoms with Gasteiger partial charge < -0.3 is 20.4 Å². The lowest BCUT2D eigenvalue weighted by atomic mass is 9.86. The molecule has 0 saturated carbocycles. The highest BCUT2D eigenvalue weighted by Crippen LogP contribution is 2.34. The molecule has 76 valence electrons. The number of hydrogen-bond acceptors (Lipinski definition) is 4. The van der Waals surface area contributed by atoms with Crippen LogP contribution in [0.15, 0.2) is 12.1 Å². The lowest BCUT2D eigenvalue weighted by Gasteiger charge is -2.26. The molecule has 0 spiro atoms. The molecule has 14 heavy (non-hydrogen) atoms. The van der Waals surface area contributed by atoms with E-state index in [1.54, 1.807) is 0 Å². The predicted molar refractivity (Wildman–Crippen MR) is 49.2 cm³/mol. The van der Waals surface area contributed by atoms with Crippen LogP contribution in [-0.4, -0.2) is 32.6 Å². The fraction of sp³-hybridized carbons (Fsp3) is 0.400. The van der Waals surface area contributed by atoms with Crippen molar-refractivity contribution in [3.05, 3.63) is 23.3 Å². The summed E-state index contributed by atoms with van der Waals surface area (Å²) in [4.78, 5) is 0. The molecule has 4 heteroatoms. The lowest BCUT2D eigenvalue weighted by molar-refractivity contribution is 0.0132. The zero-order valence-corrected chi connectivity index (χ0v) is 7.51. The minimum atomic E-state index is -0.866. The summed E-state index contributed by atoms with van der Waals surface area (Å²) < 4.78 is 0. The molecule has 0 bridgehead atoms. The number of aliphatic hydroxyl groups excluding tert-OH is 2. The van der Waals surface area contributed by atoms with Crippen LogP contribution in [-0.2, 0) is 12.8 Å².